The highest BCUT2D eigenvalue weighted by Crippen LogP contribution is 2.19. The zero-order valence-corrected chi connectivity index (χ0v) is 10.3. The third-order valence-electron chi connectivity index (χ3n) is 2.32. The lowest BCUT2D eigenvalue weighted by molar-refractivity contribution is -0.117. The van der Waals surface area contributed by atoms with Crippen molar-refractivity contribution >= 4 is 23.2 Å². The van der Waals surface area contributed by atoms with E-state index in [1.54, 1.807) is 6.92 Å². The second-order valence-corrected chi connectivity index (χ2v) is 3.88. The van der Waals surface area contributed by atoms with Gasteiger partial charge in [-0.2, -0.15) is 0 Å². The molecule has 1 aromatic carbocycles. The van der Waals surface area contributed by atoms with Gasteiger partial charge < -0.3 is 16.4 Å². The average Bonchev–Trinajstić information content (AvgIpc) is 2.31. The van der Waals surface area contributed by atoms with Crippen LogP contribution in [-0.4, -0.2) is 17.9 Å². The zero-order valence-electron chi connectivity index (χ0n) is 10.3. The first-order valence-electron chi connectivity index (χ1n) is 5.57. The van der Waals surface area contributed by atoms with E-state index in [9.17, 15) is 14.0 Å². The summed E-state index contributed by atoms with van der Waals surface area (Å²) in [6.07, 6.45) is 0.506. The van der Waals surface area contributed by atoms with Gasteiger partial charge in [0.25, 0.3) is 0 Å². The van der Waals surface area contributed by atoms with Gasteiger partial charge in [-0.3, -0.25) is 9.59 Å². The molecule has 98 valence electrons. The number of carbonyl (C=O) groups excluding carboxylic acids is 2. The molecule has 0 bridgehead atoms. The van der Waals surface area contributed by atoms with Crippen molar-refractivity contribution in [1.29, 1.82) is 0 Å². The van der Waals surface area contributed by atoms with Crippen molar-refractivity contribution in [3.63, 3.8) is 0 Å². The van der Waals surface area contributed by atoms with Crippen LogP contribution < -0.4 is 16.4 Å². The summed E-state index contributed by atoms with van der Waals surface area (Å²) in [6.45, 7) is 3.06. The Kier molecular flexibility index (Phi) is 4.79. The number of carbonyl (C=O) groups is 2. The number of anilines is 2. The van der Waals surface area contributed by atoms with Gasteiger partial charge in [0.15, 0.2) is 0 Å². The quantitative estimate of drug-likeness (QED) is 0.759. The molecule has 1 aromatic rings. The maximum absolute atomic E-state index is 13.3. The number of halogens is 1. The van der Waals surface area contributed by atoms with Crippen LogP contribution in [0.3, 0.4) is 0 Å². The molecule has 0 fully saturated rings. The molecule has 1 atom stereocenters. The van der Waals surface area contributed by atoms with E-state index in [2.05, 4.69) is 10.6 Å². The van der Waals surface area contributed by atoms with Gasteiger partial charge in [0.05, 0.1) is 11.7 Å². The zero-order chi connectivity index (χ0) is 13.7. The summed E-state index contributed by atoms with van der Waals surface area (Å²) in [5.41, 5.74) is 5.96. The van der Waals surface area contributed by atoms with E-state index in [0.29, 0.717) is 12.1 Å². The summed E-state index contributed by atoms with van der Waals surface area (Å²) in [4.78, 5) is 22.4. The molecule has 0 spiro atoms. The number of nitrogens with two attached hydrogens (primary N) is 1. The average molecular weight is 253 g/mol. The van der Waals surface area contributed by atoms with Crippen molar-refractivity contribution in [3.8, 4) is 0 Å². The number of benzene rings is 1. The van der Waals surface area contributed by atoms with E-state index in [1.165, 1.54) is 25.1 Å². The minimum atomic E-state index is -0.612. The molecule has 0 saturated heterocycles. The summed E-state index contributed by atoms with van der Waals surface area (Å²) in [7, 11) is 0. The molecule has 4 N–H and O–H groups in total. The van der Waals surface area contributed by atoms with Gasteiger partial charge in [-0.05, 0) is 24.6 Å². The first kappa shape index (κ1) is 14.1. The van der Waals surface area contributed by atoms with Gasteiger partial charge in [0.2, 0.25) is 11.8 Å². The van der Waals surface area contributed by atoms with E-state index < -0.39 is 11.9 Å². The van der Waals surface area contributed by atoms with Crippen LogP contribution in [0, 0.1) is 5.82 Å². The highest BCUT2D eigenvalue weighted by molar-refractivity contribution is 5.96. The molecule has 6 heteroatoms. The van der Waals surface area contributed by atoms with Crippen LogP contribution in [0.25, 0.3) is 0 Å². The van der Waals surface area contributed by atoms with Gasteiger partial charge in [-0.1, -0.05) is 6.92 Å². The van der Waals surface area contributed by atoms with Crippen molar-refractivity contribution in [2.45, 2.75) is 26.3 Å². The number of amides is 2. The molecule has 0 unspecified atom stereocenters. The van der Waals surface area contributed by atoms with E-state index in [1.807, 2.05) is 0 Å². The largest absolute Gasteiger partial charge is 0.325 e. The Balaban J connectivity index is 2.85. The van der Waals surface area contributed by atoms with E-state index in [4.69, 9.17) is 5.73 Å². The van der Waals surface area contributed by atoms with Gasteiger partial charge in [-0.25, -0.2) is 4.39 Å². The molecule has 0 aromatic heterocycles. The lowest BCUT2D eigenvalue weighted by Gasteiger charge is -2.11. The molecule has 0 heterocycles. The van der Waals surface area contributed by atoms with Crippen LogP contribution in [-0.2, 0) is 9.59 Å². The SMILES string of the molecule is CC[C@@H](N)C(=O)Nc1ccc(F)c(NC(C)=O)c1. The molecule has 0 radical (unpaired) electrons. The monoisotopic (exact) mass is 253 g/mol. The molecule has 0 aliphatic carbocycles. The summed E-state index contributed by atoms with van der Waals surface area (Å²) >= 11 is 0. The Morgan fingerprint density at radius 1 is 1.39 bits per heavy atom. The highest BCUT2D eigenvalue weighted by Gasteiger charge is 2.12. The standard InChI is InChI=1S/C12H16FN3O2/c1-3-10(14)12(18)16-8-4-5-9(13)11(6-8)15-7(2)17/h4-6,10H,3,14H2,1-2H3,(H,15,17)(H,16,18)/t10-/m1/s1. The Bertz CT molecular complexity index is 463. The number of nitrogens with one attached hydrogen (secondary N) is 2. The predicted octanol–water partition coefficient (Wildman–Crippen LogP) is 1.46. The fraction of sp³-hybridized carbons (Fsp3) is 0.333. The number of hydrogen-bond acceptors (Lipinski definition) is 3. The third kappa shape index (κ3) is 3.81. The first-order chi connectivity index (χ1) is 8.43. The molecule has 18 heavy (non-hydrogen) atoms. The smallest absolute Gasteiger partial charge is 0.241 e. The minimum Gasteiger partial charge on any atom is -0.325 e. The Morgan fingerprint density at radius 3 is 2.61 bits per heavy atom. The van der Waals surface area contributed by atoms with Crippen LogP contribution in [0.15, 0.2) is 18.2 Å². The van der Waals surface area contributed by atoms with Crippen molar-refractivity contribution in [2.24, 2.45) is 5.73 Å². The second kappa shape index (κ2) is 6.11. The summed E-state index contributed by atoms with van der Waals surface area (Å²) in [6, 6.07) is 3.30. The van der Waals surface area contributed by atoms with Crippen molar-refractivity contribution < 1.29 is 14.0 Å². The minimum absolute atomic E-state index is 0.0189. The van der Waals surface area contributed by atoms with Crippen LogP contribution >= 0.6 is 0 Å². The predicted molar refractivity (Wildman–Crippen MR) is 67.6 cm³/mol. The van der Waals surface area contributed by atoms with Crippen molar-refractivity contribution in [1.82, 2.24) is 0 Å². The lowest BCUT2D eigenvalue weighted by Crippen LogP contribution is -2.34. The second-order valence-electron chi connectivity index (χ2n) is 3.88. The van der Waals surface area contributed by atoms with Gasteiger partial charge in [0, 0.05) is 12.6 Å². The maximum atomic E-state index is 13.3. The normalized spacial score (nSPS) is 11.8. The Morgan fingerprint density at radius 2 is 2.06 bits per heavy atom. The molecule has 1 rings (SSSR count). The van der Waals surface area contributed by atoms with Crippen molar-refractivity contribution in [3.05, 3.63) is 24.0 Å². The topological polar surface area (TPSA) is 84.2 Å². The number of rotatable bonds is 4. The molecular weight excluding hydrogens is 237 g/mol. The first-order valence-corrected chi connectivity index (χ1v) is 5.57. The van der Waals surface area contributed by atoms with Crippen LogP contribution in [0.2, 0.25) is 0 Å². The van der Waals surface area contributed by atoms with E-state index in [0.717, 1.165) is 0 Å². The molecule has 5 nitrogen and oxygen atoms in total. The summed E-state index contributed by atoms with van der Waals surface area (Å²) in [5, 5.41) is 4.88. The molecular formula is C12H16FN3O2. The number of hydrogen-bond donors (Lipinski definition) is 3. The van der Waals surface area contributed by atoms with E-state index >= 15 is 0 Å². The van der Waals surface area contributed by atoms with Gasteiger partial charge in [0.1, 0.15) is 5.82 Å². The van der Waals surface area contributed by atoms with E-state index in [-0.39, 0.29) is 17.5 Å². The van der Waals surface area contributed by atoms with Gasteiger partial charge >= 0.3 is 0 Å². The fourth-order valence-electron chi connectivity index (χ4n) is 1.31. The lowest BCUT2D eigenvalue weighted by atomic mass is 10.2. The fourth-order valence-corrected chi connectivity index (χ4v) is 1.31. The summed E-state index contributed by atoms with van der Waals surface area (Å²) in [5.74, 6) is -1.30. The molecule has 0 saturated carbocycles. The van der Waals surface area contributed by atoms with Crippen LogP contribution in [0.5, 0.6) is 0 Å². The summed E-state index contributed by atoms with van der Waals surface area (Å²) < 4.78 is 13.3. The van der Waals surface area contributed by atoms with Crippen molar-refractivity contribution in [2.75, 3.05) is 10.6 Å². The van der Waals surface area contributed by atoms with Gasteiger partial charge in [-0.15, -0.1) is 0 Å². The van der Waals surface area contributed by atoms with Crippen LogP contribution in [0.4, 0.5) is 15.8 Å². The Hall–Kier alpha value is -1.95. The van der Waals surface area contributed by atoms with Crippen LogP contribution in [0.1, 0.15) is 20.3 Å². The Labute approximate surface area is 105 Å². The highest BCUT2D eigenvalue weighted by atomic mass is 19.1. The third-order valence-corrected chi connectivity index (χ3v) is 2.32. The maximum Gasteiger partial charge on any atom is 0.241 e. The molecule has 2 amide bonds. The molecule has 0 aliphatic heterocycles. The molecule has 0 aliphatic rings.